The van der Waals surface area contributed by atoms with Gasteiger partial charge in [0, 0.05) is 42.7 Å². The van der Waals surface area contributed by atoms with E-state index in [-0.39, 0.29) is 56.4 Å². The van der Waals surface area contributed by atoms with Crippen LogP contribution in [0.4, 0.5) is 0 Å². The lowest BCUT2D eigenvalue weighted by molar-refractivity contribution is -0.144. The molecule has 3 aromatic rings. The third-order valence-electron chi connectivity index (χ3n) is 9.66. The fourth-order valence-corrected chi connectivity index (χ4v) is 7.74. The van der Waals surface area contributed by atoms with E-state index in [0.29, 0.717) is 35.7 Å². The molecular weight excluding hydrogens is 701 g/mol. The van der Waals surface area contributed by atoms with Gasteiger partial charge in [-0.05, 0) is 65.0 Å². The van der Waals surface area contributed by atoms with E-state index in [1.54, 1.807) is 11.6 Å². The highest BCUT2D eigenvalue weighted by Gasteiger charge is 2.43. The van der Waals surface area contributed by atoms with Crippen molar-refractivity contribution in [3.8, 4) is 5.69 Å². The van der Waals surface area contributed by atoms with Gasteiger partial charge in [0.2, 0.25) is 23.6 Å². The van der Waals surface area contributed by atoms with Crippen LogP contribution >= 0.6 is 11.3 Å². The lowest BCUT2D eigenvalue weighted by Crippen LogP contribution is -2.55. The number of aliphatic carboxylic acids is 1. The third kappa shape index (κ3) is 9.47. The second-order valence-electron chi connectivity index (χ2n) is 14.0. The molecule has 15 nitrogen and oxygen atoms in total. The molecule has 0 spiro atoms. The number of aryl methyl sites for hydroxylation is 2. The van der Waals surface area contributed by atoms with E-state index in [1.165, 1.54) is 16.2 Å². The largest absolute Gasteiger partial charge is 0.480 e. The van der Waals surface area contributed by atoms with E-state index in [0.717, 1.165) is 22.0 Å². The third-order valence-corrected chi connectivity index (χ3v) is 11.1. The second-order valence-corrected chi connectivity index (χ2v) is 15.0. The van der Waals surface area contributed by atoms with Crippen LogP contribution < -0.4 is 21.3 Å². The summed E-state index contributed by atoms with van der Waals surface area (Å²) < 4.78 is 1.78. The van der Waals surface area contributed by atoms with Crippen molar-refractivity contribution in [2.24, 2.45) is 0 Å². The molecule has 1 aromatic carbocycles. The van der Waals surface area contributed by atoms with Gasteiger partial charge in [-0.25, -0.2) is 14.5 Å². The van der Waals surface area contributed by atoms with Gasteiger partial charge in [-0.3, -0.25) is 24.0 Å². The Balaban J connectivity index is 1.39. The number of carboxylic acids is 1. The summed E-state index contributed by atoms with van der Waals surface area (Å²) >= 11 is 1.26. The van der Waals surface area contributed by atoms with Gasteiger partial charge in [0.15, 0.2) is 0 Å². The van der Waals surface area contributed by atoms with Crippen molar-refractivity contribution in [1.82, 2.24) is 40.9 Å². The van der Waals surface area contributed by atoms with Crippen LogP contribution in [0, 0.1) is 20.8 Å². The van der Waals surface area contributed by atoms with Crippen molar-refractivity contribution in [3.05, 3.63) is 62.9 Å². The standard InChI is InChI=1S/C37H48N8O7S/c1-20(2)35-39-22(4)32(53-35)34(49)41-27-13-9-10-16-38-30(46)15-14-28(37(51)52)42-33(48)29-17-24(19-44(29)36(27)50)40-31(47)18-26-21(3)43-45(23(26)5)25-11-7-6-8-12-25/h6-8,11-12,20,24,27-29H,9-10,13-19H2,1-5H3,(H,38,46)(H,40,47)(H,41,49)(H,42,48)(H,51,52)/t24-,27+,28+,29+/m1/s1. The molecule has 5 amide bonds. The minimum atomic E-state index is -1.38. The van der Waals surface area contributed by atoms with Crippen molar-refractivity contribution >= 4 is 46.8 Å². The summed E-state index contributed by atoms with van der Waals surface area (Å²) in [6.45, 7) is 9.67. The SMILES string of the molecule is Cc1nc(C(C)C)sc1C(=O)N[C@H]1CCCCNC(=O)CC[C@@H](C(=O)O)NC(=O)[C@@H]2C[C@@H](NC(=O)Cc3c(C)nn(-c4ccccc4)c3C)CN2C1=O. The van der Waals surface area contributed by atoms with Crippen molar-refractivity contribution in [1.29, 1.82) is 0 Å². The molecule has 2 saturated heterocycles. The van der Waals surface area contributed by atoms with Gasteiger partial charge < -0.3 is 31.3 Å². The smallest absolute Gasteiger partial charge is 0.326 e. The summed E-state index contributed by atoms with van der Waals surface area (Å²) in [7, 11) is 0. The molecule has 53 heavy (non-hydrogen) atoms. The van der Waals surface area contributed by atoms with E-state index in [2.05, 4.69) is 31.3 Å². The van der Waals surface area contributed by atoms with Crippen molar-refractivity contribution in [2.45, 2.75) is 110 Å². The maximum atomic E-state index is 14.4. The topological polar surface area (TPSA) is 205 Å². The number of thiazole rings is 1. The van der Waals surface area contributed by atoms with Crippen molar-refractivity contribution in [3.63, 3.8) is 0 Å². The molecule has 2 fully saturated rings. The molecule has 284 valence electrons. The Morgan fingerprint density at radius 1 is 1.02 bits per heavy atom. The predicted molar refractivity (Wildman–Crippen MR) is 197 cm³/mol. The molecule has 0 bridgehead atoms. The number of benzene rings is 1. The molecule has 2 aliphatic rings. The van der Waals surface area contributed by atoms with Gasteiger partial charge >= 0.3 is 5.97 Å². The molecule has 5 rings (SSSR count). The Morgan fingerprint density at radius 2 is 1.75 bits per heavy atom. The second kappa shape index (κ2) is 17.1. The zero-order valence-corrected chi connectivity index (χ0v) is 31.5. The molecule has 0 saturated carbocycles. The molecule has 16 heteroatoms. The first-order valence-electron chi connectivity index (χ1n) is 18.0. The summed E-state index contributed by atoms with van der Waals surface area (Å²) in [6.07, 6.45) is 0.961. The van der Waals surface area contributed by atoms with Gasteiger partial charge in [0.1, 0.15) is 23.0 Å². The van der Waals surface area contributed by atoms with Crippen LogP contribution in [0.5, 0.6) is 0 Å². The number of fused-ring (bicyclic) bond motifs is 1. The number of nitrogens with zero attached hydrogens (tertiary/aromatic N) is 4. The molecule has 4 heterocycles. The summed E-state index contributed by atoms with van der Waals surface area (Å²) in [4.78, 5) is 86.1. The summed E-state index contributed by atoms with van der Waals surface area (Å²) in [5, 5.41) is 26.4. The van der Waals surface area contributed by atoms with E-state index in [1.807, 2.05) is 58.0 Å². The average Bonchev–Trinajstić information content (AvgIpc) is 3.80. The molecule has 0 unspecified atom stereocenters. The minimum Gasteiger partial charge on any atom is -0.480 e. The fraction of sp³-hybridized carbons (Fsp3) is 0.514. The van der Waals surface area contributed by atoms with Crippen LogP contribution in [-0.2, 0) is 30.4 Å². The number of aromatic nitrogens is 3. The fourth-order valence-electron chi connectivity index (χ4n) is 6.77. The van der Waals surface area contributed by atoms with Crippen molar-refractivity contribution < 1.29 is 33.9 Å². The number of carbonyl (C=O) groups is 6. The van der Waals surface area contributed by atoms with Gasteiger partial charge in [0.05, 0.1) is 28.5 Å². The highest BCUT2D eigenvalue weighted by atomic mass is 32.1. The maximum Gasteiger partial charge on any atom is 0.326 e. The van der Waals surface area contributed by atoms with Crippen LogP contribution in [-0.4, -0.2) is 97.5 Å². The Morgan fingerprint density at radius 3 is 2.43 bits per heavy atom. The lowest BCUT2D eigenvalue weighted by Gasteiger charge is -2.29. The minimum absolute atomic E-state index is 0.0141. The quantitative estimate of drug-likeness (QED) is 0.229. The lowest BCUT2D eigenvalue weighted by atomic mass is 10.1. The molecule has 0 aliphatic carbocycles. The highest BCUT2D eigenvalue weighted by Crippen LogP contribution is 2.26. The summed E-state index contributed by atoms with van der Waals surface area (Å²) in [6, 6.07) is 5.35. The maximum absolute atomic E-state index is 14.4. The number of carbonyl (C=O) groups excluding carboxylic acids is 5. The van der Waals surface area contributed by atoms with E-state index in [9.17, 15) is 33.9 Å². The Bertz CT molecular complexity index is 1860. The summed E-state index contributed by atoms with van der Waals surface area (Å²) in [5.41, 5.74) is 3.66. The van der Waals surface area contributed by atoms with E-state index < -0.39 is 47.9 Å². The normalized spacial score (nSPS) is 21.6. The number of hydrogen-bond acceptors (Lipinski definition) is 9. The monoisotopic (exact) mass is 748 g/mol. The molecule has 0 radical (unpaired) electrons. The molecule has 2 aromatic heterocycles. The molecule has 2 aliphatic heterocycles. The van der Waals surface area contributed by atoms with E-state index >= 15 is 0 Å². The van der Waals surface area contributed by atoms with Gasteiger partial charge in [-0.2, -0.15) is 5.10 Å². The van der Waals surface area contributed by atoms with Crippen LogP contribution in [0.15, 0.2) is 30.3 Å². The first-order valence-corrected chi connectivity index (χ1v) is 18.8. The first kappa shape index (κ1) is 39.1. The molecule has 5 N–H and O–H groups in total. The number of para-hydroxylation sites is 1. The average molecular weight is 749 g/mol. The Labute approximate surface area is 312 Å². The van der Waals surface area contributed by atoms with Crippen LogP contribution in [0.1, 0.15) is 95.6 Å². The molecule has 4 atom stereocenters. The predicted octanol–water partition coefficient (Wildman–Crippen LogP) is 2.45. The van der Waals surface area contributed by atoms with Gasteiger partial charge in [-0.15, -0.1) is 11.3 Å². The number of hydrogen-bond donors (Lipinski definition) is 5. The first-order chi connectivity index (χ1) is 25.2. The Kier molecular flexibility index (Phi) is 12.6. The van der Waals surface area contributed by atoms with Crippen LogP contribution in [0.3, 0.4) is 0 Å². The van der Waals surface area contributed by atoms with Crippen LogP contribution in [0.2, 0.25) is 0 Å². The number of nitrogens with one attached hydrogen (secondary N) is 4. The zero-order valence-electron chi connectivity index (χ0n) is 30.7. The van der Waals surface area contributed by atoms with Crippen molar-refractivity contribution in [2.75, 3.05) is 13.1 Å². The Hall–Kier alpha value is -5.12. The van der Waals surface area contributed by atoms with Gasteiger partial charge in [-0.1, -0.05) is 32.0 Å². The number of carboxylic acid groups (broad SMARTS) is 1. The molecular formula is C37H48N8O7S. The highest BCUT2D eigenvalue weighted by molar-refractivity contribution is 7.13. The van der Waals surface area contributed by atoms with E-state index in [4.69, 9.17) is 0 Å². The number of rotatable bonds is 8. The zero-order chi connectivity index (χ0) is 38.4. The van der Waals surface area contributed by atoms with Gasteiger partial charge in [0.25, 0.3) is 5.91 Å². The number of amides is 5. The van der Waals surface area contributed by atoms with Crippen LogP contribution in [0.25, 0.3) is 5.69 Å². The summed E-state index contributed by atoms with van der Waals surface area (Å²) in [5.74, 6) is -3.60.